The van der Waals surface area contributed by atoms with E-state index in [1.807, 2.05) is 18.2 Å². The van der Waals surface area contributed by atoms with Crippen molar-refractivity contribution in [1.82, 2.24) is 5.32 Å². The summed E-state index contributed by atoms with van der Waals surface area (Å²) in [5.41, 5.74) is 0.561. The van der Waals surface area contributed by atoms with E-state index >= 15 is 0 Å². The van der Waals surface area contributed by atoms with Gasteiger partial charge in [-0.2, -0.15) is 0 Å². The summed E-state index contributed by atoms with van der Waals surface area (Å²) in [4.78, 5) is 11.7. The zero-order valence-electron chi connectivity index (χ0n) is 8.74. The van der Waals surface area contributed by atoms with Crippen LogP contribution in [0.2, 0.25) is 0 Å². The Hall–Kier alpha value is -1.55. The van der Waals surface area contributed by atoms with Crippen molar-refractivity contribution in [2.75, 3.05) is 5.32 Å². The Morgan fingerprint density at radius 1 is 1.33 bits per heavy atom. The highest BCUT2D eigenvalue weighted by molar-refractivity contribution is 6.02. The minimum atomic E-state index is -0.800. The molecule has 4 heteroatoms. The smallest absolute Gasteiger partial charge is 0.255 e. The number of hydrogen-bond acceptors (Lipinski definition) is 3. The average Bonchev–Trinajstić information content (AvgIpc) is 2.17. The van der Waals surface area contributed by atoms with Crippen LogP contribution >= 0.6 is 0 Å². The Labute approximate surface area is 88.3 Å². The van der Waals surface area contributed by atoms with E-state index in [0.717, 1.165) is 5.69 Å². The summed E-state index contributed by atoms with van der Waals surface area (Å²) in [6.07, 6.45) is -0.671. The second-order valence-corrected chi connectivity index (χ2v) is 4.00. The molecule has 4 nitrogen and oxygen atoms in total. The summed E-state index contributed by atoms with van der Waals surface area (Å²) in [5.74, 6) is -0.159. The minimum Gasteiger partial charge on any atom is -0.389 e. The SMILES string of the molecule is C[C@@H](O)[C@@]1(C)NC(=O)c2ccccc2N1. The van der Waals surface area contributed by atoms with Gasteiger partial charge in [0.2, 0.25) is 0 Å². The van der Waals surface area contributed by atoms with Crippen molar-refractivity contribution < 1.29 is 9.90 Å². The Morgan fingerprint density at radius 3 is 2.67 bits per heavy atom. The summed E-state index contributed by atoms with van der Waals surface area (Å²) in [7, 11) is 0. The third-order valence-electron chi connectivity index (χ3n) is 2.77. The monoisotopic (exact) mass is 206 g/mol. The van der Waals surface area contributed by atoms with Gasteiger partial charge in [-0.15, -0.1) is 0 Å². The molecule has 15 heavy (non-hydrogen) atoms. The molecule has 0 spiro atoms. The van der Waals surface area contributed by atoms with Gasteiger partial charge in [0.25, 0.3) is 5.91 Å². The highest BCUT2D eigenvalue weighted by atomic mass is 16.3. The third kappa shape index (κ3) is 1.57. The van der Waals surface area contributed by atoms with E-state index in [2.05, 4.69) is 10.6 Å². The zero-order chi connectivity index (χ0) is 11.1. The van der Waals surface area contributed by atoms with E-state index in [9.17, 15) is 9.90 Å². The van der Waals surface area contributed by atoms with E-state index in [4.69, 9.17) is 0 Å². The molecule has 1 heterocycles. The molecule has 1 aliphatic heterocycles. The lowest BCUT2D eigenvalue weighted by molar-refractivity contribution is 0.0711. The van der Waals surface area contributed by atoms with E-state index in [1.165, 1.54) is 0 Å². The number of fused-ring (bicyclic) bond motifs is 1. The van der Waals surface area contributed by atoms with Crippen LogP contribution in [0.5, 0.6) is 0 Å². The number of rotatable bonds is 1. The van der Waals surface area contributed by atoms with Crippen molar-refractivity contribution in [2.24, 2.45) is 0 Å². The molecule has 2 rings (SSSR count). The number of anilines is 1. The first-order valence-corrected chi connectivity index (χ1v) is 4.91. The fourth-order valence-corrected chi connectivity index (χ4v) is 1.61. The van der Waals surface area contributed by atoms with E-state index in [0.29, 0.717) is 5.56 Å². The second kappa shape index (κ2) is 3.24. The quantitative estimate of drug-likeness (QED) is 0.640. The van der Waals surface area contributed by atoms with E-state index in [1.54, 1.807) is 19.9 Å². The van der Waals surface area contributed by atoms with Crippen LogP contribution in [0.4, 0.5) is 5.69 Å². The molecule has 2 atom stereocenters. The number of para-hydroxylation sites is 1. The average molecular weight is 206 g/mol. The van der Waals surface area contributed by atoms with Crippen molar-refractivity contribution in [3.8, 4) is 0 Å². The molecule has 0 bridgehead atoms. The van der Waals surface area contributed by atoms with Gasteiger partial charge in [0.1, 0.15) is 5.66 Å². The Balaban J connectivity index is 2.42. The maximum absolute atomic E-state index is 11.7. The summed E-state index contributed by atoms with van der Waals surface area (Å²) in [6, 6.07) is 7.24. The molecule has 0 saturated carbocycles. The van der Waals surface area contributed by atoms with Crippen LogP contribution in [-0.4, -0.2) is 22.8 Å². The normalized spacial score (nSPS) is 26.2. The number of hydrogen-bond donors (Lipinski definition) is 3. The highest BCUT2D eigenvalue weighted by Gasteiger charge is 2.36. The van der Waals surface area contributed by atoms with Gasteiger partial charge in [-0.1, -0.05) is 12.1 Å². The first kappa shape index (κ1) is 9.98. The Kier molecular flexibility index (Phi) is 2.16. The van der Waals surface area contributed by atoms with Crippen LogP contribution in [0.15, 0.2) is 24.3 Å². The number of amides is 1. The molecular weight excluding hydrogens is 192 g/mol. The van der Waals surface area contributed by atoms with Crippen LogP contribution in [0.3, 0.4) is 0 Å². The van der Waals surface area contributed by atoms with Gasteiger partial charge in [0.15, 0.2) is 0 Å². The standard InChI is InChI=1S/C11H14N2O2/c1-7(14)11(2)12-9-6-4-3-5-8(9)10(15)13-11/h3-7,12,14H,1-2H3,(H,13,15)/t7-,11-/m1/s1. The topological polar surface area (TPSA) is 61.4 Å². The lowest BCUT2D eigenvalue weighted by atomic mass is 10.00. The maximum Gasteiger partial charge on any atom is 0.255 e. The lowest BCUT2D eigenvalue weighted by Crippen LogP contribution is -2.61. The first-order valence-electron chi connectivity index (χ1n) is 4.91. The van der Waals surface area contributed by atoms with Gasteiger partial charge in [0.05, 0.1) is 11.7 Å². The third-order valence-corrected chi connectivity index (χ3v) is 2.77. The predicted molar refractivity (Wildman–Crippen MR) is 57.6 cm³/mol. The largest absolute Gasteiger partial charge is 0.389 e. The van der Waals surface area contributed by atoms with Gasteiger partial charge in [0, 0.05) is 5.69 Å². The van der Waals surface area contributed by atoms with Crippen LogP contribution in [0, 0.1) is 0 Å². The molecule has 1 aliphatic rings. The molecule has 0 saturated heterocycles. The van der Waals surface area contributed by atoms with Crippen molar-refractivity contribution in [2.45, 2.75) is 25.6 Å². The second-order valence-electron chi connectivity index (χ2n) is 4.00. The molecule has 0 aliphatic carbocycles. The molecule has 0 aromatic heterocycles. The minimum absolute atomic E-state index is 0.159. The highest BCUT2D eigenvalue weighted by Crippen LogP contribution is 2.25. The number of carbonyl (C=O) groups excluding carboxylic acids is 1. The summed E-state index contributed by atoms with van der Waals surface area (Å²) >= 11 is 0. The molecule has 1 aromatic carbocycles. The van der Waals surface area contributed by atoms with Crippen molar-refractivity contribution in [3.63, 3.8) is 0 Å². The van der Waals surface area contributed by atoms with Crippen molar-refractivity contribution in [1.29, 1.82) is 0 Å². The summed E-state index contributed by atoms with van der Waals surface area (Å²) < 4.78 is 0. The summed E-state index contributed by atoms with van der Waals surface area (Å²) in [6.45, 7) is 3.40. The predicted octanol–water partition coefficient (Wildman–Crippen LogP) is 0.939. The Morgan fingerprint density at radius 2 is 2.00 bits per heavy atom. The van der Waals surface area contributed by atoms with Gasteiger partial charge in [-0.3, -0.25) is 4.79 Å². The van der Waals surface area contributed by atoms with Gasteiger partial charge < -0.3 is 15.7 Å². The van der Waals surface area contributed by atoms with Crippen LogP contribution in [-0.2, 0) is 0 Å². The fraction of sp³-hybridized carbons (Fsp3) is 0.364. The number of carbonyl (C=O) groups is 1. The van der Waals surface area contributed by atoms with Crippen molar-refractivity contribution >= 4 is 11.6 Å². The molecule has 0 fully saturated rings. The van der Waals surface area contributed by atoms with Gasteiger partial charge in [-0.25, -0.2) is 0 Å². The molecule has 0 unspecified atom stereocenters. The van der Waals surface area contributed by atoms with Gasteiger partial charge >= 0.3 is 0 Å². The van der Waals surface area contributed by atoms with Crippen LogP contribution in [0.1, 0.15) is 24.2 Å². The summed E-state index contributed by atoms with van der Waals surface area (Å²) in [5, 5.41) is 15.5. The van der Waals surface area contributed by atoms with E-state index < -0.39 is 11.8 Å². The number of benzene rings is 1. The molecule has 1 aromatic rings. The lowest BCUT2D eigenvalue weighted by Gasteiger charge is -2.39. The van der Waals surface area contributed by atoms with Crippen molar-refractivity contribution in [3.05, 3.63) is 29.8 Å². The molecule has 1 amide bonds. The Bertz CT molecular complexity index is 403. The molecule has 80 valence electrons. The zero-order valence-corrected chi connectivity index (χ0v) is 8.74. The maximum atomic E-state index is 11.7. The van der Waals surface area contributed by atoms with E-state index in [-0.39, 0.29) is 5.91 Å². The van der Waals surface area contributed by atoms with Crippen LogP contribution < -0.4 is 10.6 Å². The number of aliphatic hydroxyl groups excluding tert-OH is 1. The van der Waals surface area contributed by atoms with Gasteiger partial charge in [-0.05, 0) is 26.0 Å². The number of aliphatic hydroxyl groups is 1. The number of nitrogens with one attached hydrogen (secondary N) is 2. The fourth-order valence-electron chi connectivity index (χ4n) is 1.61. The van der Waals surface area contributed by atoms with Crippen LogP contribution in [0.25, 0.3) is 0 Å². The molecule has 3 N–H and O–H groups in total. The first-order chi connectivity index (χ1) is 7.03. The molecule has 0 radical (unpaired) electrons. The molecular formula is C11H14N2O2.